The first-order valence-electron chi connectivity index (χ1n) is 7.36. The number of nitrogens with zero attached hydrogens (tertiary/aromatic N) is 2. The third-order valence-corrected chi connectivity index (χ3v) is 5.57. The van der Waals surface area contributed by atoms with E-state index in [1.165, 1.54) is 12.8 Å². The van der Waals surface area contributed by atoms with Crippen LogP contribution in [0.5, 0.6) is 0 Å². The first-order valence-corrected chi connectivity index (χ1v) is 8.17. The maximum Gasteiger partial charge on any atom is 0.265 e. The largest absolute Gasteiger partial charge is 0.396 e. The molecule has 1 aromatic heterocycles. The molecule has 0 unspecified atom stereocenters. The number of carbonyl (C=O) groups excluding carboxylic acids is 1. The van der Waals surface area contributed by atoms with Crippen molar-refractivity contribution in [3.8, 4) is 0 Å². The Hall–Kier alpha value is -0.940. The Bertz CT molecular complexity index is 518. The summed E-state index contributed by atoms with van der Waals surface area (Å²) < 4.78 is 0. The maximum absolute atomic E-state index is 12.5. The van der Waals surface area contributed by atoms with Crippen LogP contribution in [0, 0.1) is 18.3 Å². The van der Waals surface area contributed by atoms with Crippen LogP contribution in [0.2, 0.25) is 0 Å². The first kappa shape index (κ1) is 14.0. The second-order valence-electron chi connectivity index (χ2n) is 6.49. The molecule has 0 bridgehead atoms. The summed E-state index contributed by atoms with van der Waals surface area (Å²) in [7, 11) is 1.83. The highest BCUT2D eigenvalue weighted by Crippen LogP contribution is 2.45. The summed E-state index contributed by atoms with van der Waals surface area (Å²) in [6, 6.07) is 0. The van der Waals surface area contributed by atoms with Gasteiger partial charge in [-0.3, -0.25) is 4.79 Å². The third-order valence-electron chi connectivity index (χ3n) is 4.41. The lowest BCUT2D eigenvalue weighted by Crippen LogP contribution is -2.34. The molecule has 2 aliphatic rings. The van der Waals surface area contributed by atoms with E-state index in [1.807, 2.05) is 14.0 Å². The van der Waals surface area contributed by atoms with Gasteiger partial charge in [0.2, 0.25) is 0 Å². The summed E-state index contributed by atoms with van der Waals surface area (Å²) in [4.78, 5) is 19.6. The second kappa shape index (κ2) is 5.11. The van der Waals surface area contributed by atoms with E-state index >= 15 is 0 Å². The molecular weight excluding hydrogens is 272 g/mol. The molecule has 20 heavy (non-hydrogen) atoms. The van der Waals surface area contributed by atoms with Crippen molar-refractivity contribution in [3.63, 3.8) is 0 Å². The van der Waals surface area contributed by atoms with Gasteiger partial charge in [-0.1, -0.05) is 0 Å². The van der Waals surface area contributed by atoms with Crippen LogP contribution in [-0.2, 0) is 6.42 Å². The minimum Gasteiger partial charge on any atom is -0.396 e. The van der Waals surface area contributed by atoms with Crippen LogP contribution in [0.4, 0.5) is 0 Å². The molecule has 1 amide bonds. The fourth-order valence-corrected chi connectivity index (χ4v) is 3.77. The molecule has 1 aromatic rings. The van der Waals surface area contributed by atoms with Crippen molar-refractivity contribution >= 4 is 17.2 Å². The van der Waals surface area contributed by atoms with Crippen LogP contribution in [0.1, 0.15) is 46.1 Å². The fraction of sp³-hybridized carbons (Fsp3) is 0.733. The summed E-state index contributed by atoms with van der Waals surface area (Å²) >= 11 is 1.55. The Morgan fingerprint density at radius 1 is 1.50 bits per heavy atom. The molecule has 4 nitrogen and oxygen atoms in total. The van der Waals surface area contributed by atoms with Gasteiger partial charge < -0.3 is 10.0 Å². The Balaban J connectivity index is 1.67. The summed E-state index contributed by atoms with van der Waals surface area (Å²) in [5.41, 5.74) is 0.830. The molecular formula is C15H22N2O2S. The van der Waals surface area contributed by atoms with E-state index in [0.717, 1.165) is 40.8 Å². The molecule has 0 spiro atoms. The minimum absolute atomic E-state index is 0.0279. The number of aromatic nitrogens is 1. The summed E-state index contributed by atoms with van der Waals surface area (Å²) in [5, 5.41) is 10.5. The number of amides is 1. The highest BCUT2D eigenvalue weighted by molar-refractivity contribution is 7.13. The second-order valence-corrected chi connectivity index (χ2v) is 7.57. The highest BCUT2D eigenvalue weighted by Gasteiger charge is 2.43. The number of aliphatic hydroxyl groups excluding tert-OH is 1. The standard InChI is InChI=1S/C15H22N2O2S/c1-10-13(20-12(16-10)7-11-3-4-11)14(19)17(2)8-15(9-18)5-6-15/h11,18H,3-9H2,1-2H3. The van der Waals surface area contributed by atoms with Crippen molar-refractivity contribution in [1.29, 1.82) is 0 Å². The van der Waals surface area contributed by atoms with Crippen LogP contribution in [0.15, 0.2) is 0 Å². The smallest absolute Gasteiger partial charge is 0.265 e. The summed E-state index contributed by atoms with van der Waals surface area (Å²) in [5.74, 6) is 0.854. The van der Waals surface area contributed by atoms with Crippen LogP contribution >= 0.6 is 11.3 Å². The minimum atomic E-state index is -0.0279. The van der Waals surface area contributed by atoms with E-state index in [2.05, 4.69) is 4.98 Å². The van der Waals surface area contributed by atoms with Gasteiger partial charge in [0.25, 0.3) is 5.91 Å². The third kappa shape index (κ3) is 2.88. The lowest BCUT2D eigenvalue weighted by Gasteiger charge is -2.22. The molecule has 1 N–H and O–H groups in total. The van der Waals surface area contributed by atoms with Crippen LogP contribution in [0.3, 0.4) is 0 Å². The van der Waals surface area contributed by atoms with Crippen LogP contribution < -0.4 is 0 Å². The molecule has 0 saturated heterocycles. The van der Waals surface area contributed by atoms with E-state index in [1.54, 1.807) is 16.2 Å². The molecule has 3 rings (SSSR count). The van der Waals surface area contributed by atoms with Crippen molar-refractivity contribution in [2.24, 2.45) is 11.3 Å². The Labute approximate surface area is 123 Å². The van der Waals surface area contributed by atoms with Gasteiger partial charge in [-0.05, 0) is 38.5 Å². The highest BCUT2D eigenvalue weighted by atomic mass is 32.1. The molecule has 0 aliphatic heterocycles. The molecule has 0 radical (unpaired) electrons. The van der Waals surface area contributed by atoms with E-state index in [0.29, 0.717) is 6.54 Å². The van der Waals surface area contributed by atoms with E-state index in [9.17, 15) is 9.90 Å². The van der Waals surface area contributed by atoms with Gasteiger partial charge in [0.1, 0.15) is 4.88 Å². The molecule has 1 heterocycles. The molecule has 0 aromatic carbocycles. The summed E-state index contributed by atoms with van der Waals surface area (Å²) in [6.07, 6.45) is 5.69. The predicted octanol–water partition coefficient (Wildman–Crippen LogP) is 2.25. The van der Waals surface area contributed by atoms with Gasteiger partial charge in [-0.2, -0.15) is 0 Å². The normalized spacial score (nSPS) is 19.9. The zero-order chi connectivity index (χ0) is 14.3. The zero-order valence-corrected chi connectivity index (χ0v) is 13.0. The average Bonchev–Trinajstić information content (AvgIpc) is 3.32. The molecule has 0 atom stereocenters. The van der Waals surface area contributed by atoms with E-state index in [-0.39, 0.29) is 17.9 Å². The van der Waals surface area contributed by atoms with E-state index in [4.69, 9.17) is 0 Å². The van der Waals surface area contributed by atoms with E-state index < -0.39 is 0 Å². The molecule has 5 heteroatoms. The van der Waals surface area contributed by atoms with Crippen molar-refractivity contribution in [2.45, 2.75) is 39.0 Å². The van der Waals surface area contributed by atoms with Crippen LogP contribution in [-0.4, -0.2) is 41.1 Å². The number of carbonyl (C=O) groups is 1. The quantitative estimate of drug-likeness (QED) is 0.875. The van der Waals surface area contributed by atoms with Gasteiger partial charge in [0.05, 0.1) is 17.3 Å². The average molecular weight is 294 g/mol. The predicted molar refractivity (Wildman–Crippen MR) is 79.0 cm³/mol. The monoisotopic (exact) mass is 294 g/mol. The molecule has 2 fully saturated rings. The number of aliphatic hydroxyl groups is 1. The fourth-order valence-electron chi connectivity index (χ4n) is 2.60. The van der Waals surface area contributed by atoms with Crippen molar-refractivity contribution in [3.05, 3.63) is 15.6 Å². The van der Waals surface area contributed by atoms with Crippen molar-refractivity contribution in [2.75, 3.05) is 20.2 Å². The zero-order valence-electron chi connectivity index (χ0n) is 12.2. The van der Waals surface area contributed by atoms with Gasteiger partial charge >= 0.3 is 0 Å². The number of aryl methyl sites for hydroxylation is 1. The molecule has 2 aliphatic carbocycles. The maximum atomic E-state index is 12.5. The number of thiazole rings is 1. The van der Waals surface area contributed by atoms with Crippen molar-refractivity contribution in [1.82, 2.24) is 9.88 Å². The number of rotatable bonds is 6. The number of hydrogen-bond donors (Lipinski definition) is 1. The first-order chi connectivity index (χ1) is 9.53. The molecule has 110 valence electrons. The van der Waals surface area contributed by atoms with Gasteiger partial charge in [0, 0.05) is 25.4 Å². The van der Waals surface area contributed by atoms with Crippen molar-refractivity contribution < 1.29 is 9.90 Å². The van der Waals surface area contributed by atoms with Gasteiger partial charge in [-0.25, -0.2) is 4.98 Å². The summed E-state index contributed by atoms with van der Waals surface area (Å²) in [6.45, 7) is 2.75. The molecule has 2 saturated carbocycles. The van der Waals surface area contributed by atoms with Gasteiger partial charge in [-0.15, -0.1) is 11.3 Å². The SMILES string of the molecule is Cc1nc(CC2CC2)sc1C(=O)N(C)CC1(CO)CC1. The van der Waals surface area contributed by atoms with Gasteiger partial charge in [0.15, 0.2) is 0 Å². The van der Waals surface area contributed by atoms with Crippen LogP contribution in [0.25, 0.3) is 0 Å². The Morgan fingerprint density at radius 3 is 2.75 bits per heavy atom. The Kier molecular flexibility index (Phi) is 3.58. The lowest BCUT2D eigenvalue weighted by atomic mass is 10.1. The number of hydrogen-bond acceptors (Lipinski definition) is 4. The lowest BCUT2D eigenvalue weighted by molar-refractivity contribution is 0.0737. The topological polar surface area (TPSA) is 53.4 Å². The Morgan fingerprint density at radius 2 is 2.20 bits per heavy atom.